The van der Waals surface area contributed by atoms with Crippen molar-refractivity contribution in [2.75, 3.05) is 10.6 Å². The molecular formula is C28H24N2O4. The number of rotatable bonds is 7. The van der Waals surface area contributed by atoms with Crippen LogP contribution >= 0.6 is 0 Å². The highest BCUT2D eigenvalue weighted by Crippen LogP contribution is 2.28. The molecule has 34 heavy (non-hydrogen) atoms. The van der Waals surface area contributed by atoms with Crippen molar-refractivity contribution in [3.63, 3.8) is 0 Å². The van der Waals surface area contributed by atoms with Crippen molar-refractivity contribution in [1.82, 2.24) is 0 Å². The third-order valence-electron chi connectivity index (χ3n) is 5.19. The van der Waals surface area contributed by atoms with Crippen LogP contribution in [-0.4, -0.2) is 11.8 Å². The summed E-state index contributed by atoms with van der Waals surface area (Å²) >= 11 is 0. The van der Waals surface area contributed by atoms with Crippen molar-refractivity contribution in [3.05, 3.63) is 108 Å². The Bertz CT molecular complexity index is 1240. The van der Waals surface area contributed by atoms with Crippen LogP contribution in [0.3, 0.4) is 0 Å². The monoisotopic (exact) mass is 452 g/mol. The molecule has 0 bridgehead atoms. The van der Waals surface area contributed by atoms with Gasteiger partial charge in [-0.25, -0.2) is 0 Å². The molecule has 0 atom stereocenters. The Morgan fingerprint density at radius 1 is 0.676 bits per heavy atom. The number of anilines is 2. The molecule has 0 unspecified atom stereocenters. The van der Waals surface area contributed by atoms with Gasteiger partial charge in [0.15, 0.2) is 0 Å². The SMILES string of the molecule is Cc1cc(-c2ccc(NC(=O)/C=C/c3ccco3)c(C)c2)ccc1NC(=O)/C=C/c1ccco1. The zero-order valence-corrected chi connectivity index (χ0v) is 18.9. The van der Waals surface area contributed by atoms with E-state index in [4.69, 9.17) is 8.83 Å². The minimum atomic E-state index is -0.232. The number of furan rings is 2. The van der Waals surface area contributed by atoms with Gasteiger partial charge in [-0.05, 0) is 96.8 Å². The average Bonchev–Trinajstić information content (AvgIpc) is 3.53. The number of benzene rings is 2. The molecule has 2 heterocycles. The average molecular weight is 453 g/mol. The fraction of sp³-hybridized carbons (Fsp3) is 0.0714. The van der Waals surface area contributed by atoms with Gasteiger partial charge in [0.05, 0.1) is 12.5 Å². The molecular weight excluding hydrogens is 428 g/mol. The number of carbonyl (C=O) groups is 2. The first-order chi connectivity index (χ1) is 16.5. The van der Waals surface area contributed by atoms with Gasteiger partial charge >= 0.3 is 0 Å². The molecule has 0 saturated carbocycles. The molecule has 170 valence electrons. The first-order valence-corrected chi connectivity index (χ1v) is 10.7. The molecule has 6 heteroatoms. The van der Waals surface area contributed by atoms with Gasteiger partial charge in [-0.15, -0.1) is 0 Å². The van der Waals surface area contributed by atoms with Crippen LogP contribution in [-0.2, 0) is 9.59 Å². The quantitative estimate of drug-likeness (QED) is 0.315. The molecule has 4 rings (SSSR count). The second-order valence-electron chi connectivity index (χ2n) is 7.74. The second-order valence-corrected chi connectivity index (χ2v) is 7.74. The zero-order chi connectivity index (χ0) is 23.9. The van der Waals surface area contributed by atoms with E-state index in [1.807, 2.05) is 50.2 Å². The number of carbonyl (C=O) groups excluding carboxylic acids is 2. The summed E-state index contributed by atoms with van der Waals surface area (Å²) in [5, 5.41) is 5.77. The molecule has 2 aromatic carbocycles. The normalized spacial score (nSPS) is 11.2. The number of hydrogen-bond donors (Lipinski definition) is 2. The lowest BCUT2D eigenvalue weighted by Crippen LogP contribution is -2.09. The Labute approximate surface area is 197 Å². The Hall–Kier alpha value is -4.58. The number of amides is 2. The van der Waals surface area contributed by atoms with Crippen LogP contribution < -0.4 is 10.6 Å². The van der Waals surface area contributed by atoms with Crippen molar-refractivity contribution in [2.24, 2.45) is 0 Å². The summed E-state index contributed by atoms with van der Waals surface area (Å²) < 4.78 is 10.4. The summed E-state index contributed by atoms with van der Waals surface area (Å²) in [7, 11) is 0. The smallest absolute Gasteiger partial charge is 0.248 e. The van der Waals surface area contributed by atoms with E-state index in [1.165, 1.54) is 12.2 Å². The molecule has 4 aromatic rings. The predicted octanol–water partition coefficient (Wildman–Crippen LogP) is 6.46. The summed E-state index contributed by atoms with van der Waals surface area (Å²) in [4.78, 5) is 24.4. The van der Waals surface area contributed by atoms with E-state index in [-0.39, 0.29) is 11.8 Å². The van der Waals surface area contributed by atoms with Gasteiger partial charge in [0, 0.05) is 23.5 Å². The topological polar surface area (TPSA) is 84.5 Å². The Morgan fingerprint density at radius 3 is 1.47 bits per heavy atom. The predicted molar refractivity (Wildman–Crippen MR) is 134 cm³/mol. The minimum Gasteiger partial charge on any atom is -0.465 e. The van der Waals surface area contributed by atoms with E-state index in [0.29, 0.717) is 11.5 Å². The first-order valence-electron chi connectivity index (χ1n) is 10.7. The molecule has 6 nitrogen and oxygen atoms in total. The fourth-order valence-corrected chi connectivity index (χ4v) is 3.40. The summed E-state index contributed by atoms with van der Waals surface area (Å²) in [6.45, 7) is 3.89. The van der Waals surface area contributed by atoms with Gasteiger partial charge in [-0.2, -0.15) is 0 Å². The Balaban J connectivity index is 1.41. The molecule has 2 amide bonds. The molecule has 0 aliphatic heterocycles. The second kappa shape index (κ2) is 10.4. The Kier molecular flexibility index (Phi) is 6.89. The van der Waals surface area contributed by atoms with E-state index in [1.54, 1.807) is 48.9 Å². The molecule has 0 aliphatic rings. The number of hydrogen-bond acceptors (Lipinski definition) is 4. The van der Waals surface area contributed by atoms with Crippen molar-refractivity contribution in [1.29, 1.82) is 0 Å². The third kappa shape index (κ3) is 5.81. The number of nitrogens with one attached hydrogen (secondary N) is 2. The summed E-state index contributed by atoms with van der Waals surface area (Å²) in [6.07, 6.45) is 9.23. The molecule has 2 N–H and O–H groups in total. The lowest BCUT2D eigenvalue weighted by Gasteiger charge is -2.12. The largest absolute Gasteiger partial charge is 0.465 e. The highest BCUT2D eigenvalue weighted by atomic mass is 16.3. The van der Waals surface area contributed by atoms with E-state index in [9.17, 15) is 9.59 Å². The van der Waals surface area contributed by atoms with Gasteiger partial charge in [0.1, 0.15) is 11.5 Å². The molecule has 0 fully saturated rings. The standard InChI is InChI=1S/C28H24N2O4/c1-19-17-21(7-11-25(19)29-27(31)13-9-23-5-3-15-33-23)22-8-12-26(20(2)18-22)30-28(32)14-10-24-6-4-16-34-24/h3-18H,1-2H3,(H,29,31)(H,30,32)/b13-9+,14-10+. The molecule has 0 radical (unpaired) electrons. The highest BCUT2D eigenvalue weighted by Gasteiger charge is 2.08. The molecule has 0 aliphatic carbocycles. The van der Waals surface area contributed by atoms with Crippen molar-refractivity contribution >= 4 is 35.3 Å². The summed E-state index contributed by atoms with van der Waals surface area (Å²) in [5.41, 5.74) is 5.38. The molecule has 0 saturated heterocycles. The van der Waals surface area contributed by atoms with Crippen LogP contribution in [0.15, 0.2) is 94.2 Å². The van der Waals surface area contributed by atoms with Gasteiger partial charge in [0.25, 0.3) is 0 Å². The van der Waals surface area contributed by atoms with Gasteiger partial charge in [-0.1, -0.05) is 12.1 Å². The summed E-state index contributed by atoms with van der Waals surface area (Å²) in [6, 6.07) is 18.8. The van der Waals surface area contributed by atoms with E-state index in [2.05, 4.69) is 10.6 Å². The fourth-order valence-electron chi connectivity index (χ4n) is 3.40. The van der Waals surface area contributed by atoms with Gasteiger partial charge < -0.3 is 19.5 Å². The van der Waals surface area contributed by atoms with Crippen LogP contribution in [0.2, 0.25) is 0 Å². The third-order valence-corrected chi connectivity index (χ3v) is 5.19. The Morgan fingerprint density at radius 2 is 1.12 bits per heavy atom. The van der Waals surface area contributed by atoms with Crippen molar-refractivity contribution < 1.29 is 18.4 Å². The lowest BCUT2D eigenvalue weighted by molar-refractivity contribution is -0.112. The van der Waals surface area contributed by atoms with Crippen molar-refractivity contribution in [3.8, 4) is 11.1 Å². The van der Waals surface area contributed by atoms with Crippen LogP contribution in [0, 0.1) is 13.8 Å². The highest BCUT2D eigenvalue weighted by molar-refractivity contribution is 6.03. The number of aryl methyl sites for hydroxylation is 2. The van der Waals surface area contributed by atoms with Crippen LogP contribution in [0.25, 0.3) is 23.3 Å². The van der Waals surface area contributed by atoms with E-state index in [0.717, 1.165) is 33.6 Å². The minimum absolute atomic E-state index is 0.232. The maximum atomic E-state index is 12.2. The molecule has 0 spiro atoms. The van der Waals surface area contributed by atoms with Crippen LogP contribution in [0.1, 0.15) is 22.6 Å². The van der Waals surface area contributed by atoms with Crippen molar-refractivity contribution in [2.45, 2.75) is 13.8 Å². The van der Waals surface area contributed by atoms with E-state index < -0.39 is 0 Å². The molecule has 2 aromatic heterocycles. The lowest BCUT2D eigenvalue weighted by atomic mass is 10.00. The van der Waals surface area contributed by atoms with Crippen LogP contribution in [0.4, 0.5) is 11.4 Å². The van der Waals surface area contributed by atoms with Gasteiger partial charge in [0.2, 0.25) is 11.8 Å². The van der Waals surface area contributed by atoms with E-state index >= 15 is 0 Å². The summed E-state index contributed by atoms with van der Waals surface area (Å²) in [5.74, 6) is 0.769. The van der Waals surface area contributed by atoms with Gasteiger partial charge in [-0.3, -0.25) is 9.59 Å². The maximum Gasteiger partial charge on any atom is 0.248 e. The van der Waals surface area contributed by atoms with Crippen LogP contribution in [0.5, 0.6) is 0 Å². The first kappa shape index (κ1) is 22.6. The maximum absolute atomic E-state index is 12.2. The zero-order valence-electron chi connectivity index (χ0n) is 18.9.